The molecule has 0 spiro atoms. The molecule has 3 atom stereocenters. The first-order chi connectivity index (χ1) is 16.3. The van der Waals surface area contributed by atoms with E-state index in [4.69, 9.17) is 17.0 Å². The van der Waals surface area contributed by atoms with Crippen molar-refractivity contribution >= 4 is 34.9 Å². The van der Waals surface area contributed by atoms with Crippen LogP contribution in [0.2, 0.25) is 0 Å². The van der Waals surface area contributed by atoms with Crippen molar-refractivity contribution in [2.24, 2.45) is 11.8 Å². The van der Waals surface area contributed by atoms with Crippen LogP contribution in [0.1, 0.15) is 50.3 Å². The molecule has 1 aliphatic heterocycles. The van der Waals surface area contributed by atoms with E-state index in [0.717, 1.165) is 17.7 Å². The third-order valence-electron chi connectivity index (χ3n) is 6.36. The number of amides is 1. The summed E-state index contributed by atoms with van der Waals surface area (Å²) >= 11 is 5.49. The third-order valence-corrected chi connectivity index (χ3v) is 6.76. The Morgan fingerprint density at radius 1 is 1.15 bits per heavy atom. The minimum atomic E-state index is -0.460. The van der Waals surface area contributed by atoms with Gasteiger partial charge in [-0.25, -0.2) is 4.79 Å². The minimum absolute atomic E-state index is 0.0150. The van der Waals surface area contributed by atoms with Gasteiger partial charge >= 0.3 is 5.97 Å². The molecule has 2 aromatic carbocycles. The molecule has 7 heteroatoms. The molecule has 1 saturated carbocycles. The monoisotopic (exact) mass is 477 g/mol. The predicted octanol–water partition coefficient (Wildman–Crippen LogP) is 4.76. The average molecular weight is 478 g/mol. The first-order valence-electron chi connectivity index (χ1n) is 11.6. The quantitative estimate of drug-likeness (QED) is 0.443. The summed E-state index contributed by atoms with van der Waals surface area (Å²) in [6, 6.07) is 17.2. The second-order valence-corrected chi connectivity index (χ2v) is 9.79. The maximum atomic E-state index is 13.0. The second kappa shape index (κ2) is 9.97. The molecule has 1 fully saturated rings. The van der Waals surface area contributed by atoms with E-state index < -0.39 is 6.04 Å². The molecule has 1 amide bonds. The number of hydrogen-bond acceptors (Lipinski definition) is 4. The molecule has 2 N–H and O–H groups in total. The lowest BCUT2D eigenvalue weighted by Crippen LogP contribution is -2.46. The van der Waals surface area contributed by atoms with Gasteiger partial charge < -0.3 is 20.3 Å². The zero-order valence-electron chi connectivity index (χ0n) is 20.0. The fraction of sp³-hybridized carbons (Fsp3) is 0.370. The van der Waals surface area contributed by atoms with Gasteiger partial charge in [0, 0.05) is 24.4 Å². The van der Waals surface area contributed by atoms with Crippen molar-refractivity contribution in [1.82, 2.24) is 10.2 Å². The molecule has 1 aliphatic carbocycles. The van der Waals surface area contributed by atoms with Crippen molar-refractivity contribution in [2.45, 2.75) is 39.2 Å². The Labute approximate surface area is 206 Å². The number of hydrogen-bond donors (Lipinski definition) is 2. The summed E-state index contributed by atoms with van der Waals surface area (Å²) in [5, 5.41) is 6.85. The van der Waals surface area contributed by atoms with Crippen LogP contribution in [-0.2, 0) is 14.3 Å². The van der Waals surface area contributed by atoms with Crippen LogP contribution < -0.4 is 10.6 Å². The van der Waals surface area contributed by atoms with Crippen molar-refractivity contribution in [1.29, 1.82) is 0 Å². The number of thiocarbonyl (C=S) groups is 1. The van der Waals surface area contributed by atoms with E-state index in [1.165, 1.54) is 5.56 Å². The number of rotatable bonds is 7. The highest BCUT2D eigenvalue weighted by molar-refractivity contribution is 7.80. The van der Waals surface area contributed by atoms with E-state index in [9.17, 15) is 9.59 Å². The van der Waals surface area contributed by atoms with Crippen molar-refractivity contribution in [2.75, 3.05) is 19.0 Å². The maximum absolute atomic E-state index is 13.0. The highest BCUT2D eigenvalue weighted by Crippen LogP contribution is 2.48. The number of anilines is 1. The zero-order valence-corrected chi connectivity index (χ0v) is 20.8. The molecule has 178 valence electrons. The SMILES string of the molecule is CC1=C(C(=O)OCC(C)C)C(c2cccc(NC(=O)C3CC3c3ccccc3)c2)NC(=S)N1C. The summed E-state index contributed by atoms with van der Waals surface area (Å²) in [7, 11) is 1.83. The first-order valence-corrected chi connectivity index (χ1v) is 12.0. The molecule has 0 radical (unpaired) electrons. The van der Waals surface area contributed by atoms with Crippen LogP contribution in [0.3, 0.4) is 0 Å². The van der Waals surface area contributed by atoms with Crippen molar-refractivity contribution < 1.29 is 14.3 Å². The minimum Gasteiger partial charge on any atom is -0.462 e. The van der Waals surface area contributed by atoms with Crippen LogP contribution in [-0.4, -0.2) is 35.5 Å². The third kappa shape index (κ3) is 5.14. The second-order valence-electron chi connectivity index (χ2n) is 9.41. The topological polar surface area (TPSA) is 70.7 Å². The number of carbonyl (C=O) groups is 2. The molecule has 2 aromatic rings. The van der Waals surface area contributed by atoms with Crippen LogP contribution in [0, 0.1) is 11.8 Å². The van der Waals surface area contributed by atoms with Crippen LogP contribution in [0.15, 0.2) is 65.9 Å². The fourth-order valence-electron chi connectivity index (χ4n) is 4.25. The summed E-state index contributed by atoms with van der Waals surface area (Å²) in [5.74, 6) is 0.130. The van der Waals surface area contributed by atoms with Crippen LogP contribution >= 0.6 is 12.2 Å². The Hall–Kier alpha value is -3.19. The number of nitrogens with zero attached hydrogens (tertiary/aromatic N) is 1. The number of benzene rings is 2. The first kappa shape index (κ1) is 24.0. The maximum Gasteiger partial charge on any atom is 0.338 e. The number of esters is 1. The summed E-state index contributed by atoms with van der Waals surface area (Å²) in [6.07, 6.45) is 0.855. The van der Waals surface area contributed by atoms with Crippen molar-refractivity contribution in [3.8, 4) is 0 Å². The number of ether oxygens (including phenoxy) is 1. The van der Waals surface area contributed by atoms with Gasteiger partial charge in [-0.1, -0.05) is 56.3 Å². The van der Waals surface area contributed by atoms with Crippen LogP contribution in [0.4, 0.5) is 5.69 Å². The van der Waals surface area contributed by atoms with Crippen molar-refractivity contribution in [3.05, 3.63) is 77.0 Å². The summed E-state index contributed by atoms with van der Waals surface area (Å²) in [5.41, 5.74) is 4.00. The lowest BCUT2D eigenvalue weighted by atomic mass is 9.94. The van der Waals surface area contributed by atoms with E-state index in [0.29, 0.717) is 23.0 Å². The molecule has 34 heavy (non-hydrogen) atoms. The molecule has 6 nitrogen and oxygen atoms in total. The van der Waals surface area contributed by atoms with Gasteiger partial charge in [-0.15, -0.1) is 0 Å². The van der Waals surface area contributed by atoms with Gasteiger partial charge in [0.1, 0.15) is 0 Å². The lowest BCUT2D eigenvalue weighted by molar-refractivity contribution is -0.140. The van der Waals surface area contributed by atoms with E-state index in [2.05, 4.69) is 22.8 Å². The Balaban J connectivity index is 1.53. The zero-order chi connectivity index (χ0) is 24.4. The summed E-state index contributed by atoms with van der Waals surface area (Å²) in [4.78, 5) is 27.7. The number of carbonyl (C=O) groups excluding carboxylic acids is 2. The molecule has 1 heterocycles. The van der Waals surface area contributed by atoms with E-state index in [-0.39, 0.29) is 29.6 Å². The molecular weight excluding hydrogens is 446 g/mol. The van der Waals surface area contributed by atoms with Gasteiger partial charge in [-0.05, 0) is 60.7 Å². The fourth-order valence-corrected chi connectivity index (χ4v) is 4.51. The van der Waals surface area contributed by atoms with Gasteiger partial charge in [-0.2, -0.15) is 0 Å². The molecule has 2 aliphatic rings. The van der Waals surface area contributed by atoms with E-state index in [1.807, 2.05) is 70.3 Å². The van der Waals surface area contributed by atoms with E-state index >= 15 is 0 Å². The normalized spacial score (nSPS) is 21.9. The van der Waals surface area contributed by atoms with Gasteiger partial charge in [0.05, 0.1) is 18.2 Å². The Bertz CT molecular complexity index is 1130. The van der Waals surface area contributed by atoms with Gasteiger partial charge in [-0.3, -0.25) is 4.79 Å². The van der Waals surface area contributed by atoms with Crippen LogP contribution in [0.25, 0.3) is 0 Å². The molecule has 0 saturated heterocycles. The van der Waals surface area contributed by atoms with Gasteiger partial charge in [0.25, 0.3) is 0 Å². The molecule has 0 bridgehead atoms. The molecule has 3 unspecified atom stereocenters. The van der Waals surface area contributed by atoms with Gasteiger partial charge in [0.15, 0.2) is 5.11 Å². The Morgan fingerprint density at radius 2 is 1.85 bits per heavy atom. The van der Waals surface area contributed by atoms with E-state index in [1.54, 1.807) is 4.90 Å². The van der Waals surface area contributed by atoms with Crippen LogP contribution in [0.5, 0.6) is 0 Å². The molecule has 0 aromatic heterocycles. The molecule has 4 rings (SSSR count). The standard InChI is InChI=1S/C27H31N3O3S/c1-16(2)15-33-26(32)23-17(3)30(4)27(34)29-24(23)19-11-8-12-20(13-19)28-25(31)22-14-21(22)18-9-6-5-7-10-18/h5-13,16,21-22,24H,14-15H2,1-4H3,(H,28,31)(H,29,34). The highest BCUT2D eigenvalue weighted by atomic mass is 32.1. The Kier molecular flexibility index (Phi) is 7.03. The summed E-state index contributed by atoms with van der Waals surface area (Å²) in [6.45, 7) is 6.21. The summed E-state index contributed by atoms with van der Waals surface area (Å²) < 4.78 is 5.56. The number of allylic oxidation sites excluding steroid dienone is 1. The van der Waals surface area contributed by atoms with Crippen molar-refractivity contribution in [3.63, 3.8) is 0 Å². The largest absolute Gasteiger partial charge is 0.462 e. The highest BCUT2D eigenvalue weighted by Gasteiger charge is 2.44. The van der Waals surface area contributed by atoms with Gasteiger partial charge in [0.2, 0.25) is 5.91 Å². The average Bonchev–Trinajstić information content (AvgIpc) is 3.63. The Morgan fingerprint density at radius 3 is 2.56 bits per heavy atom. The predicted molar refractivity (Wildman–Crippen MR) is 137 cm³/mol. The number of nitrogens with one attached hydrogen (secondary N) is 2. The lowest BCUT2D eigenvalue weighted by Gasteiger charge is -2.35. The smallest absolute Gasteiger partial charge is 0.338 e. The molecular formula is C27H31N3O3S.